The van der Waals surface area contributed by atoms with Gasteiger partial charge in [-0.05, 0) is 49.3 Å². The van der Waals surface area contributed by atoms with Crippen LogP contribution in [0.25, 0.3) is 0 Å². The van der Waals surface area contributed by atoms with Gasteiger partial charge in [0, 0.05) is 38.3 Å². The molecule has 26 heavy (non-hydrogen) atoms. The number of hydrogen-bond donors (Lipinski definition) is 1. The molecule has 4 nitrogen and oxygen atoms in total. The highest BCUT2D eigenvalue weighted by atomic mass is 19.1. The molecule has 0 unspecified atom stereocenters. The number of likely N-dealkylation sites (tertiary alicyclic amines) is 1. The molecule has 0 spiro atoms. The van der Waals surface area contributed by atoms with Gasteiger partial charge in [0.1, 0.15) is 5.82 Å². The van der Waals surface area contributed by atoms with Gasteiger partial charge in [0.05, 0.1) is 6.54 Å². The quantitative estimate of drug-likeness (QED) is 0.773. The van der Waals surface area contributed by atoms with Crippen molar-refractivity contribution in [3.05, 3.63) is 35.6 Å². The van der Waals surface area contributed by atoms with E-state index in [-0.39, 0.29) is 11.7 Å². The van der Waals surface area contributed by atoms with Gasteiger partial charge in [0.25, 0.3) is 0 Å². The molecule has 3 rings (SSSR count). The maximum atomic E-state index is 13.5. The summed E-state index contributed by atoms with van der Waals surface area (Å²) in [5.41, 5.74) is 1.06. The Labute approximate surface area is 156 Å². The predicted octanol–water partition coefficient (Wildman–Crippen LogP) is 3.03. The lowest BCUT2D eigenvalue weighted by molar-refractivity contribution is -0.122. The molecule has 2 fully saturated rings. The largest absolute Gasteiger partial charge is 0.355 e. The minimum absolute atomic E-state index is 0.135. The maximum Gasteiger partial charge on any atom is 0.234 e. The molecule has 1 aromatic carbocycles. The Morgan fingerprint density at radius 1 is 1.23 bits per heavy atom. The second-order valence-corrected chi connectivity index (χ2v) is 8.24. The number of amides is 1. The van der Waals surface area contributed by atoms with E-state index in [1.54, 1.807) is 12.1 Å². The summed E-state index contributed by atoms with van der Waals surface area (Å²) in [6, 6.07) is 8.18. The number of carbonyl (C=O) groups is 1. The number of piperidine rings is 1. The highest BCUT2D eigenvalue weighted by Gasteiger charge is 2.35. The summed E-state index contributed by atoms with van der Waals surface area (Å²) in [6.07, 6.45) is 4.69. The number of rotatable bonds is 8. The zero-order valence-electron chi connectivity index (χ0n) is 16.1. The molecule has 0 atom stereocenters. The second kappa shape index (κ2) is 8.96. The Hall–Kier alpha value is -1.46. The van der Waals surface area contributed by atoms with Crippen molar-refractivity contribution in [3.8, 4) is 0 Å². The smallest absolute Gasteiger partial charge is 0.234 e. The third-order valence-electron chi connectivity index (χ3n) is 5.37. The minimum atomic E-state index is -0.152. The van der Waals surface area contributed by atoms with Crippen molar-refractivity contribution < 1.29 is 9.18 Å². The molecule has 0 bridgehead atoms. The average Bonchev–Trinajstić information content (AvgIpc) is 3.44. The van der Waals surface area contributed by atoms with Gasteiger partial charge in [-0.25, -0.2) is 4.39 Å². The van der Waals surface area contributed by atoms with Gasteiger partial charge < -0.3 is 5.32 Å². The van der Waals surface area contributed by atoms with Crippen LogP contribution in [0.15, 0.2) is 24.3 Å². The van der Waals surface area contributed by atoms with E-state index in [1.165, 1.54) is 18.9 Å². The van der Waals surface area contributed by atoms with E-state index in [0.717, 1.165) is 44.6 Å². The van der Waals surface area contributed by atoms with Crippen LogP contribution in [0.4, 0.5) is 4.39 Å². The van der Waals surface area contributed by atoms with Crippen LogP contribution in [0.5, 0.6) is 0 Å². The van der Waals surface area contributed by atoms with Crippen molar-refractivity contribution >= 4 is 5.91 Å². The van der Waals surface area contributed by atoms with Crippen molar-refractivity contribution in [3.63, 3.8) is 0 Å². The van der Waals surface area contributed by atoms with Crippen LogP contribution in [-0.2, 0) is 11.3 Å². The molecule has 5 heteroatoms. The van der Waals surface area contributed by atoms with Gasteiger partial charge in [-0.15, -0.1) is 0 Å². The summed E-state index contributed by atoms with van der Waals surface area (Å²) < 4.78 is 13.5. The highest BCUT2D eigenvalue weighted by molar-refractivity contribution is 5.78. The highest BCUT2D eigenvalue weighted by Crippen LogP contribution is 2.33. The van der Waals surface area contributed by atoms with Crippen LogP contribution in [0.2, 0.25) is 0 Å². The number of carbonyl (C=O) groups excluding carboxylic acids is 1. The van der Waals surface area contributed by atoms with Gasteiger partial charge in [-0.3, -0.25) is 14.6 Å². The van der Waals surface area contributed by atoms with E-state index in [4.69, 9.17) is 0 Å². The Balaban J connectivity index is 1.48. The van der Waals surface area contributed by atoms with E-state index in [9.17, 15) is 9.18 Å². The van der Waals surface area contributed by atoms with Gasteiger partial charge in [-0.2, -0.15) is 0 Å². The summed E-state index contributed by atoms with van der Waals surface area (Å²) in [5.74, 6) is 0.469. The van der Waals surface area contributed by atoms with Crippen LogP contribution in [-0.4, -0.2) is 54.0 Å². The standard InChI is InChI=1S/C21H32FN3O/c1-16(2)13-23-21(26)15-24-10-8-20(9-11-24)25(19-6-7-19)14-17-4-3-5-18(22)12-17/h3-5,12,16,19-20H,6-11,13-15H2,1-2H3,(H,23,26). The molecule has 144 valence electrons. The molecule has 0 aromatic heterocycles. The number of hydrogen-bond acceptors (Lipinski definition) is 3. The first kappa shape index (κ1) is 19.3. The van der Waals surface area contributed by atoms with Crippen molar-refractivity contribution in [2.75, 3.05) is 26.2 Å². The fourth-order valence-electron chi connectivity index (χ4n) is 3.79. The SMILES string of the molecule is CC(C)CNC(=O)CN1CCC(N(Cc2cccc(F)c2)C2CC2)CC1. The third kappa shape index (κ3) is 5.78. The molecule has 1 saturated heterocycles. The fraction of sp³-hybridized carbons (Fsp3) is 0.667. The first-order valence-electron chi connectivity index (χ1n) is 10.0. The van der Waals surface area contributed by atoms with Gasteiger partial charge >= 0.3 is 0 Å². The van der Waals surface area contributed by atoms with E-state index in [2.05, 4.69) is 29.0 Å². The summed E-state index contributed by atoms with van der Waals surface area (Å²) >= 11 is 0. The Kier molecular flexibility index (Phi) is 6.65. The number of halogens is 1. The molecule has 1 saturated carbocycles. The average molecular weight is 362 g/mol. The molecule has 1 aliphatic carbocycles. The van der Waals surface area contributed by atoms with E-state index in [1.807, 2.05) is 6.07 Å². The molecule has 1 N–H and O–H groups in total. The van der Waals surface area contributed by atoms with Crippen LogP contribution in [0.3, 0.4) is 0 Å². The maximum absolute atomic E-state index is 13.5. The van der Waals surface area contributed by atoms with E-state index < -0.39 is 0 Å². The van der Waals surface area contributed by atoms with Crippen molar-refractivity contribution in [2.45, 2.75) is 58.2 Å². The van der Waals surface area contributed by atoms with Gasteiger partial charge in [-0.1, -0.05) is 26.0 Å². The molecule has 1 amide bonds. The first-order valence-corrected chi connectivity index (χ1v) is 10.0. The Bertz CT molecular complexity index is 595. The topological polar surface area (TPSA) is 35.6 Å². The summed E-state index contributed by atoms with van der Waals surface area (Å²) in [7, 11) is 0. The number of benzene rings is 1. The van der Waals surface area contributed by atoms with Crippen LogP contribution in [0.1, 0.15) is 45.1 Å². The fourth-order valence-corrected chi connectivity index (χ4v) is 3.79. The molecule has 1 aliphatic heterocycles. The predicted molar refractivity (Wildman–Crippen MR) is 102 cm³/mol. The molecular formula is C21H32FN3O. The summed E-state index contributed by atoms with van der Waals surface area (Å²) in [4.78, 5) is 16.9. The minimum Gasteiger partial charge on any atom is -0.355 e. The van der Waals surface area contributed by atoms with Crippen molar-refractivity contribution in [2.24, 2.45) is 5.92 Å². The molecule has 1 aromatic rings. The number of nitrogens with zero attached hydrogens (tertiary/aromatic N) is 2. The summed E-state index contributed by atoms with van der Waals surface area (Å²) in [6.45, 7) is 8.24. The van der Waals surface area contributed by atoms with Gasteiger partial charge in [0.15, 0.2) is 0 Å². The number of nitrogens with one attached hydrogen (secondary N) is 1. The monoisotopic (exact) mass is 361 g/mol. The lowest BCUT2D eigenvalue weighted by Gasteiger charge is -2.38. The van der Waals surface area contributed by atoms with Crippen molar-refractivity contribution in [1.82, 2.24) is 15.1 Å². The molecule has 0 radical (unpaired) electrons. The third-order valence-corrected chi connectivity index (χ3v) is 5.37. The zero-order chi connectivity index (χ0) is 18.5. The van der Waals surface area contributed by atoms with Crippen molar-refractivity contribution in [1.29, 1.82) is 0 Å². The molecular weight excluding hydrogens is 329 g/mol. The van der Waals surface area contributed by atoms with E-state index >= 15 is 0 Å². The first-order chi connectivity index (χ1) is 12.5. The lowest BCUT2D eigenvalue weighted by Crippen LogP contribution is -2.48. The lowest BCUT2D eigenvalue weighted by atomic mass is 10.0. The molecule has 1 heterocycles. The van der Waals surface area contributed by atoms with Gasteiger partial charge in [0.2, 0.25) is 5.91 Å². The van der Waals surface area contributed by atoms with Crippen LogP contribution < -0.4 is 5.32 Å². The molecule has 2 aliphatic rings. The Morgan fingerprint density at radius 3 is 2.54 bits per heavy atom. The summed E-state index contributed by atoms with van der Waals surface area (Å²) in [5, 5.41) is 3.00. The second-order valence-electron chi connectivity index (χ2n) is 8.24. The van der Waals surface area contributed by atoms with E-state index in [0.29, 0.717) is 24.5 Å². The Morgan fingerprint density at radius 2 is 1.92 bits per heavy atom. The van der Waals surface area contributed by atoms with Crippen LogP contribution >= 0.6 is 0 Å². The normalized spacial score (nSPS) is 19.3. The van der Waals surface area contributed by atoms with Crippen LogP contribution in [0, 0.1) is 11.7 Å². The zero-order valence-corrected chi connectivity index (χ0v) is 16.1.